The zero-order chi connectivity index (χ0) is 25.5. The molecule has 4 atom stereocenters. The number of aliphatic carboxylic acids is 1. The van der Waals surface area contributed by atoms with Gasteiger partial charge in [0.05, 0.1) is 37.0 Å². The summed E-state index contributed by atoms with van der Waals surface area (Å²) < 4.78 is 14.9. The molecule has 0 aromatic heterocycles. The Kier molecular flexibility index (Phi) is 55.0. The van der Waals surface area contributed by atoms with Gasteiger partial charge in [0.1, 0.15) is 12.7 Å². The standard InChI is InChI=1S/C11H20O3.C8H16O2.C3H5ClO.CH2O3.2K.Na.H2O.H/c1-3-5-6-9(4-2)11(12)14-8-10-7-13-10;1-3-5-6-7(4-2)8(9)10;4-1-3-2-5-3;2-1-4-3;;;;;/h9-10H,3-8H2,1-2H3;7H,3-6H2,1-2H3,(H,9,10);3H,1-2H2;1,3H;;;;1H2;/q;;;;3*+1;;-1/p-2. The molecule has 14 heteroatoms. The van der Waals surface area contributed by atoms with E-state index < -0.39 is 5.97 Å². The average molecular weight is 617 g/mol. The van der Waals surface area contributed by atoms with Crippen molar-refractivity contribution in [2.24, 2.45) is 11.8 Å². The minimum atomic E-state index is -0.643. The molecule has 10 nitrogen and oxygen atoms in total. The summed E-state index contributed by atoms with van der Waals surface area (Å²) in [4.78, 5) is 33.2. The maximum Gasteiger partial charge on any atom is 1.00 e. The zero-order valence-corrected chi connectivity index (χ0v) is 32.9. The molecule has 206 valence electrons. The van der Waals surface area contributed by atoms with Gasteiger partial charge in [-0.25, -0.2) is 0 Å². The molecule has 2 saturated heterocycles. The van der Waals surface area contributed by atoms with Crippen LogP contribution in [0.15, 0.2) is 0 Å². The summed E-state index contributed by atoms with van der Waals surface area (Å²) in [6, 6.07) is 0. The first-order chi connectivity index (χ1) is 15.8. The van der Waals surface area contributed by atoms with E-state index in [9.17, 15) is 9.59 Å². The van der Waals surface area contributed by atoms with Crippen LogP contribution in [-0.4, -0.2) is 66.9 Å². The largest absolute Gasteiger partial charge is 1.00 e. The van der Waals surface area contributed by atoms with Gasteiger partial charge < -0.3 is 36.4 Å². The molecule has 2 aliphatic rings. The Morgan fingerprint density at radius 2 is 1.43 bits per heavy atom. The summed E-state index contributed by atoms with van der Waals surface area (Å²) in [6.07, 6.45) is 8.37. The molecule has 0 aliphatic carbocycles. The van der Waals surface area contributed by atoms with Crippen molar-refractivity contribution in [2.75, 3.05) is 25.7 Å². The Hall–Kier alpha value is 2.81. The maximum atomic E-state index is 11.5. The molecule has 2 fully saturated rings. The predicted molar refractivity (Wildman–Crippen MR) is 126 cm³/mol. The third kappa shape index (κ3) is 38.8. The smallest absolute Gasteiger partial charge is 1.00 e. The number of carbonyl (C=O) groups excluding carboxylic acids is 2. The number of epoxide rings is 2. The number of ether oxygens (including phenoxy) is 3. The molecule has 0 bridgehead atoms. The van der Waals surface area contributed by atoms with Crippen LogP contribution in [0, 0.1) is 11.8 Å². The minimum Gasteiger partial charge on any atom is -1.00 e. The molecule has 0 aromatic carbocycles. The first-order valence-corrected chi connectivity index (χ1v) is 12.3. The molecule has 0 amide bonds. The van der Waals surface area contributed by atoms with Crippen LogP contribution >= 0.6 is 11.6 Å². The molecule has 0 aromatic rings. The van der Waals surface area contributed by atoms with Crippen molar-refractivity contribution in [3.05, 3.63) is 0 Å². The number of rotatable bonds is 14. The molecule has 2 rings (SSSR count). The molecule has 37 heavy (non-hydrogen) atoms. The second-order valence-corrected chi connectivity index (χ2v) is 8.03. The van der Waals surface area contributed by atoms with E-state index in [0.717, 1.165) is 64.6 Å². The summed E-state index contributed by atoms with van der Waals surface area (Å²) >= 11 is 5.27. The number of carbonyl (C=O) groups is 3. The van der Waals surface area contributed by atoms with Crippen molar-refractivity contribution in [3.8, 4) is 0 Å². The number of alkyl halides is 1. The summed E-state index contributed by atoms with van der Waals surface area (Å²) in [7, 11) is 0. The van der Waals surface area contributed by atoms with Gasteiger partial charge in [-0.2, -0.15) is 0 Å². The Bertz CT molecular complexity index is 509. The fraction of sp³-hybridized carbons (Fsp3) is 0.870. The second-order valence-electron chi connectivity index (χ2n) is 7.72. The van der Waals surface area contributed by atoms with Crippen LogP contribution in [-0.2, 0) is 33.5 Å². The third-order valence-corrected chi connectivity index (χ3v) is 5.25. The quantitative estimate of drug-likeness (QED) is 0.0378. The van der Waals surface area contributed by atoms with E-state index in [1.807, 2.05) is 13.8 Å². The van der Waals surface area contributed by atoms with Gasteiger partial charge in [-0.3, -0.25) is 14.4 Å². The SMILES string of the molecule is CCCCC(CC)C(=O)O.CCCCC(CC)C(=O)OCC1CO1.ClCC1CO1.O=CO[O-].[H-].[K+].[K+].[Na+].[OH-]. The zero-order valence-electron chi connectivity index (χ0n) is 24.9. The molecule has 2 heterocycles. The van der Waals surface area contributed by atoms with Gasteiger partial charge in [0, 0.05) is 0 Å². The molecule has 0 saturated carbocycles. The molecule has 0 spiro atoms. The number of carboxylic acid groups (broad SMARTS) is 1. The third-order valence-electron chi connectivity index (χ3n) is 4.91. The number of carboxylic acids is 1. The second kappa shape index (κ2) is 38.8. The Labute approximate surface area is 336 Å². The van der Waals surface area contributed by atoms with Gasteiger partial charge in [0.25, 0.3) is 6.47 Å². The van der Waals surface area contributed by atoms with Crippen molar-refractivity contribution in [2.45, 2.75) is 91.3 Å². The van der Waals surface area contributed by atoms with Gasteiger partial charge in [0.15, 0.2) is 0 Å². The van der Waals surface area contributed by atoms with Crippen molar-refractivity contribution in [3.63, 3.8) is 0 Å². The first-order valence-electron chi connectivity index (χ1n) is 11.8. The van der Waals surface area contributed by atoms with Crippen LogP contribution < -0.4 is 138 Å². The summed E-state index contributed by atoms with van der Waals surface area (Å²) in [5.41, 5.74) is 0. The minimum absolute atomic E-state index is 0. The van der Waals surface area contributed by atoms with Gasteiger partial charge in [-0.1, -0.05) is 53.4 Å². The molecular weight excluding hydrogens is 573 g/mol. The maximum absolute atomic E-state index is 11.5. The van der Waals surface area contributed by atoms with Crippen LogP contribution in [0.25, 0.3) is 0 Å². The van der Waals surface area contributed by atoms with Crippen molar-refractivity contribution in [1.82, 2.24) is 0 Å². The fourth-order valence-corrected chi connectivity index (χ4v) is 2.68. The van der Waals surface area contributed by atoms with E-state index in [1.165, 1.54) is 0 Å². The van der Waals surface area contributed by atoms with Crippen LogP contribution in [0.2, 0.25) is 0 Å². The van der Waals surface area contributed by atoms with Crippen LogP contribution in [0.4, 0.5) is 0 Å². The normalized spacial score (nSPS) is 16.9. The average Bonchev–Trinajstić information content (AvgIpc) is 3.74. The first kappa shape index (κ1) is 52.5. The molecule has 2 N–H and O–H groups in total. The molecule has 2 aliphatic heterocycles. The van der Waals surface area contributed by atoms with Crippen LogP contribution in [0.1, 0.15) is 80.5 Å². The van der Waals surface area contributed by atoms with Crippen molar-refractivity contribution >= 4 is 30.0 Å². The summed E-state index contributed by atoms with van der Waals surface area (Å²) in [6.45, 7) is 10.1. The van der Waals surface area contributed by atoms with E-state index in [-0.39, 0.29) is 170 Å². The van der Waals surface area contributed by atoms with E-state index >= 15 is 0 Å². The van der Waals surface area contributed by atoms with Crippen LogP contribution in [0.3, 0.4) is 0 Å². The molecule has 4 unspecified atom stereocenters. The van der Waals surface area contributed by atoms with Gasteiger partial charge in [0.2, 0.25) is 0 Å². The summed E-state index contributed by atoms with van der Waals surface area (Å²) in [5.74, 6) is -0.0407. The monoisotopic (exact) mass is 616 g/mol. The predicted octanol–water partition coefficient (Wildman–Crippen LogP) is -5.56. The Morgan fingerprint density at radius 1 is 1.03 bits per heavy atom. The number of hydrogen-bond acceptors (Lipinski definition) is 9. The Morgan fingerprint density at radius 3 is 1.68 bits per heavy atom. The van der Waals surface area contributed by atoms with E-state index in [0.29, 0.717) is 18.6 Å². The van der Waals surface area contributed by atoms with Gasteiger partial charge in [-0.15, -0.1) is 11.6 Å². The Balaban J connectivity index is -0.0000000710. The number of esters is 1. The molecule has 0 radical (unpaired) electrons. The fourth-order valence-electron chi connectivity index (χ4n) is 2.51. The van der Waals surface area contributed by atoms with Crippen LogP contribution in [0.5, 0.6) is 0 Å². The molecular formula is C23H44ClK2NaO10. The van der Waals surface area contributed by atoms with Crippen molar-refractivity contribution < 1.29 is 183 Å². The van der Waals surface area contributed by atoms with Crippen molar-refractivity contribution in [1.29, 1.82) is 0 Å². The topological polar surface area (TPSA) is 168 Å². The van der Waals surface area contributed by atoms with E-state index in [2.05, 4.69) is 18.7 Å². The van der Waals surface area contributed by atoms with E-state index in [4.69, 9.17) is 41.0 Å². The van der Waals surface area contributed by atoms with Gasteiger partial charge >= 0.3 is 144 Å². The number of unbranched alkanes of at least 4 members (excludes halogenated alkanes) is 2. The summed E-state index contributed by atoms with van der Waals surface area (Å²) in [5, 5.41) is 17.0. The van der Waals surface area contributed by atoms with E-state index in [1.54, 1.807) is 0 Å². The number of halogens is 1. The number of hydrogen-bond donors (Lipinski definition) is 1. The van der Waals surface area contributed by atoms with Gasteiger partial charge in [-0.05, 0) is 25.7 Å².